The van der Waals surface area contributed by atoms with Crippen LogP contribution in [0.4, 0.5) is 5.69 Å². The molecule has 1 amide bonds. The van der Waals surface area contributed by atoms with Crippen molar-refractivity contribution < 1.29 is 13.2 Å². The zero-order chi connectivity index (χ0) is 16.5. The smallest absolute Gasteiger partial charge is 0.244 e. The van der Waals surface area contributed by atoms with Gasteiger partial charge in [-0.05, 0) is 55.9 Å². The zero-order valence-electron chi connectivity index (χ0n) is 13.5. The van der Waals surface area contributed by atoms with Gasteiger partial charge < -0.3 is 11.1 Å². The first-order valence-electron chi connectivity index (χ1n) is 8.09. The number of hydrogen-bond acceptors (Lipinski definition) is 4. The van der Waals surface area contributed by atoms with Crippen molar-refractivity contribution >= 4 is 34.0 Å². The van der Waals surface area contributed by atoms with E-state index in [9.17, 15) is 13.2 Å². The Bertz CT molecular complexity index is 681. The van der Waals surface area contributed by atoms with Gasteiger partial charge in [-0.15, -0.1) is 12.4 Å². The molecule has 0 aromatic heterocycles. The van der Waals surface area contributed by atoms with E-state index in [0.717, 1.165) is 25.7 Å². The molecule has 1 aromatic rings. The number of nitrogens with one attached hydrogen (secondary N) is 2. The lowest BCUT2D eigenvalue weighted by Crippen LogP contribution is -2.48. The molecule has 134 valence electrons. The molecule has 0 atom stereocenters. The average Bonchev–Trinajstić information content (AvgIpc) is 3.26. The number of nitrogens with two attached hydrogens (primary N) is 1. The van der Waals surface area contributed by atoms with Gasteiger partial charge in [-0.25, -0.2) is 13.1 Å². The number of anilines is 1. The van der Waals surface area contributed by atoms with Crippen molar-refractivity contribution in [2.45, 2.75) is 49.0 Å². The summed E-state index contributed by atoms with van der Waals surface area (Å²) in [4.78, 5) is 12.4. The topological polar surface area (TPSA) is 101 Å². The van der Waals surface area contributed by atoms with Gasteiger partial charge in [0.25, 0.3) is 0 Å². The highest BCUT2D eigenvalue weighted by Crippen LogP contribution is 2.29. The molecular weight excluding hydrogens is 350 g/mol. The number of halogens is 1. The Morgan fingerprint density at radius 3 is 2.29 bits per heavy atom. The van der Waals surface area contributed by atoms with Gasteiger partial charge in [0.05, 0.1) is 10.4 Å². The Morgan fingerprint density at radius 1 is 1.17 bits per heavy atom. The van der Waals surface area contributed by atoms with Gasteiger partial charge in [0, 0.05) is 12.2 Å². The summed E-state index contributed by atoms with van der Waals surface area (Å²) in [6.45, 7) is 0.497. The Morgan fingerprint density at radius 2 is 1.75 bits per heavy atom. The number of amides is 1. The number of carbonyl (C=O) groups excluding carboxylic acids is 1. The first-order chi connectivity index (χ1) is 10.9. The molecule has 0 spiro atoms. The van der Waals surface area contributed by atoms with Crippen molar-refractivity contribution in [1.82, 2.24) is 4.72 Å². The number of benzene rings is 1. The van der Waals surface area contributed by atoms with Crippen LogP contribution in [0.3, 0.4) is 0 Å². The minimum Gasteiger partial charge on any atom is -0.324 e. The fraction of sp³-hybridized carbons (Fsp3) is 0.562. The van der Waals surface area contributed by atoms with Crippen LogP contribution >= 0.6 is 12.4 Å². The van der Waals surface area contributed by atoms with Gasteiger partial charge in [-0.3, -0.25) is 4.79 Å². The number of carbonyl (C=O) groups is 1. The molecule has 2 aliphatic carbocycles. The maximum atomic E-state index is 12.2. The molecule has 0 bridgehead atoms. The van der Waals surface area contributed by atoms with E-state index in [4.69, 9.17) is 5.73 Å². The third-order valence-corrected chi connectivity index (χ3v) is 6.07. The molecule has 6 nitrogen and oxygen atoms in total. The Labute approximate surface area is 149 Å². The fourth-order valence-corrected chi connectivity index (χ4v) is 3.95. The van der Waals surface area contributed by atoms with E-state index in [2.05, 4.69) is 10.0 Å². The molecule has 4 N–H and O–H groups in total. The molecule has 2 aliphatic rings. The van der Waals surface area contributed by atoms with Crippen LogP contribution in [0.5, 0.6) is 0 Å². The summed E-state index contributed by atoms with van der Waals surface area (Å²) >= 11 is 0. The van der Waals surface area contributed by atoms with E-state index in [0.29, 0.717) is 31.0 Å². The van der Waals surface area contributed by atoms with Gasteiger partial charge in [0.15, 0.2) is 0 Å². The Balaban J connectivity index is 0.00000208. The summed E-state index contributed by atoms with van der Waals surface area (Å²) in [5.74, 6) is 0.285. The van der Waals surface area contributed by atoms with E-state index in [-0.39, 0.29) is 23.2 Å². The summed E-state index contributed by atoms with van der Waals surface area (Å²) in [5, 5.41) is 2.78. The van der Waals surface area contributed by atoms with Crippen LogP contribution in [-0.4, -0.2) is 26.4 Å². The SMILES string of the molecule is Cl.NC1(C(=O)Nc2ccc(S(=O)(=O)NCC3CC3)cc2)CCCC1. The molecule has 1 aromatic carbocycles. The van der Waals surface area contributed by atoms with Gasteiger partial charge >= 0.3 is 0 Å². The average molecular weight is 374 g/mol. The standard InChI is InChI=1S/C16H23N3O3S.ClH/c17-16(9-1-2-10-16)15(20)19-13-5-7-14(8-6-13)23(21,22)18-11-12-3-4-12;/h5-8,12,18H,1-4,9-11,17H2,(H,19,20);1H. The van der Waals surface area contributed by atoms with Crippen molar-refractivity contribution in [3.05, 3.63) is 24.3 Å². The highest BCUT2D eigenvalue weighted by Gasteiger charge is 2.37. The lowest BCUT2D eigenvalue weighted by atomic mass is 9.98. The molecule has 0 heterocycles. The molecule has 0 radical (unpaired) electrons. The first kappa shape index (κ1) is 19.2. The highest BCUT2D eigenvalue weighted by atomic mass is 35.5. The molecule has 2 fully saturated rings. The summed E-state index contributed by atoms with van der Waals surface area (Å²) in [5.41, 5.74) is 5.87. The van der Waals surface area contributed by atoms with Crippen LogP contribution in [-0.2, 0) is 14.8 Å². The van der Waals surface area contributed by atoms with Crippen molar-refractivity contribution in [2.75, 3.05) is 11.9 Å². The second-order valence-electron chi connectivity index (χ2n) is 6.64. The molecule has 3 rings (SSSR count). The summed E-state index contributed by atoms with van der Waals surface area (Å²) in [7, 11) is -3.48. The minimum absolute atomic E-state index is 0. The quantitative estimate of drug-likeness (QED) is 0.709. The molecule has 0 saturated heterocycles. The predicted octanol–water partition coefficient (Wildman–Crippen LogP) is 2.01. The first-order valence-corrected chi connectivity index (χ1v) is 9.57. The molecule has 2 saturated carbocycles. The van der Waals surface area contributed by atoms with Crippen molar-refractivity contribution in [2.24, 2.45) is 11.7 Å². The Kier molecular flexibility index (Phi) is 5.91. The van der Waals surface area contributed by atoms with Crippen LogP contribution in [0.25, 0.3) is 0 Å². The van der Waals surface area contributed by atoms with Gasteiger partial charge in [-0.1, -0.05) is 12.8 Å². The van der Waals surface area contributed by atoms with E-state index in [1.54, 1.807) is 12.1 Å². The van der Waals surface area contributed by atoms with Crippen LogP contribution in [0.2, 0.25) is 0 Å². The predicted molar refractivity (Wildman–Crippen MR) is 95.6 cm³/mol. The molecular formula is C16H24ClN3O3S. The monoisotopic (exact) mass is 373 g/mol. The van der Waals surface area contributed by atoms with E-state index in [1.807, 2.05) is 0 Å². The normalized spacial score (nSPS) is 19.5. The molecule has 0 aliphatic heterocycles. The number of rotatable bonds is 6. The lowest BCUT2D eigenvalue weighted by molar-refractivity contribution is -0.121. The summed E-state index contributed by atoms with van der Waals surface area (Å²) in [6.07, 6.45) is 5.50. The van der Waals surface area contributed by atoms with E-state index in [1.165, 1.54) is 12.1 Å². The number of sulfonamides is 1. The summed E-state index contributed by atoms with van der Waals surface area (Å²) in [6, 6.07) is 6.20. The highest BCUT2D eigenvalue weighted by molar-refractivity contribution is 7.89. The maximum absolute atomic E-state index is 12.2. The molecule has 0 unspecified atom stereocenters. The van der Waals surface area contributed by atoms with Crippen molar-refractivity contribution in [3.63, 3.8) is 0 Å². The lowest BCUT2D eigenvalue weighted by Gasteiger charge is -2.22. The second kappa shape index (κ2) is 7.39. The summed E-state index contributed by atoms with van der Waals surface area (Å²) < 4.78 is 26.9. The zero-order valence-corrected chi connectivity index (χ0v) is 15.1. The minimum atomic E-state index is -3.48. The van der Waals surface area contributed by atoms with Gasteiger partial charge in [0.1, 0.15) is 0 Å². The second-order valence-corrected chi connectivity index (χ2v) is 8.40. The van der Waals surface area contributed by atoms with E-state index < -0.39 is 15.6 Å². The van der Waals surface area contributed by atoms with Crippen molar-refractivity contribution in [1.29, 1.82) is 0 Å². The van der Waals surface area contributed by atoms with Crippen LogP contribution in [0.15, 0.2) is 29.2 Å². The van der Waals surface area contributed by atoms with Crippen molar-refractivity contribution in [3.8, 4) is 0 Å². The third kappa shape index (κ3) is 4.47. The van der Waals surface area contributed by atoms with Gasteiger partial charge in [0.2, 0.25) is 15.9 Å². The maximum Gasteiger partial charge on any atom is 0.244 e. The van der Waals surface area contributed by atoms with E-state index >= 15 is 0 Å². The largest absolute Gasteiger partial charge is 0.324 e. The fourth-order valence-electron chi connectivity index (χ4n) is 2.84. The molecule has 8 heteroatoms. The Hall–Kier alpha value is -1.15. The molecule has 24 heavy (non-hydrogen) atoms. The van der Waals surface area contributed by atoms with Crippen LogP contribution in [0.1, 0.15) is 38.5 Å². The van der Waals surface area contributed by atoms with Crippen LogP contribution in [0, 0.1) is 5.92 Å². The van der Waals surface area contributed by atoms with Crippen LogP contribution < -0.4 is 15.8 Å². The third-order valence-electron chi connectivity index (χ3n) is 4.63. The van der Waals surface area contributed by atoms with Gasteiger partial charge in [-0.2, -0.15) is 0 Å². The number of hydrogen-bond donors (Lipinski definition) is 3.